The Balaban J connectivity index is 2.26. The largest absolute Gasteiger partial charge is 0.507 e. The summed E-state index contributed by atoms with van der Waals surface area (Å²) in [4.78, 5) is 16.2. The molecule has 0 aliphatic carbocycles. The zero-order valence-corrected chi connectivity index (χ0v) is 12.6. The average molecular weight is 303 g/mol. The summed E-state index contributed by atoms with van der Waals surface area (Å²) in [6.45, 7) is 1.74. The number of pyridine rings is 1. The maximum absolute atomic E-state index is 12.3. The first kappa shape index (κ1) is 15.6. The number of aromatic nitrogens is 1. The van der Waals surface area contributed by atoms with Crippen LogP contribution in [0.25, 0.3) is 0 Å². The lowest BCUT2D eigenvalue weighted by molar-refractivity contribution is 0.0331. The molecule has 2 rings (SSSR count). The van der Waals surface area contributed by atoms with Crippen molar-refractivity contribution in [2.24, 2.45) is 0 Å². The molecule has 0 bridgehead atoms. The molecule has 1 aromatic carbocycles. The number of methoxy groups -OCH3 is 2. The molecule has 0 amide bonds. The van der Waals surface area contributed by atoms with Crippen LogP contribution in [0, 0.1) is 0 Å². The molecule has 1 aromatic heterocycles. The Kier molecular flexibility index (Phi) is 4.83. The third-order valence-electron chi connectivity index (χ3n) is 3.17. The van der Waals surface area contributed by atoms with Crippen molar-refractivity contribution in [2.45, 2.75) is 13.0 Å². The standard InChI is InChI=1S/C16H17NO5/c1-10(11-4-6-17-7-5-11)22-16(19)15-13(18)8-12(20-2)9-14(15)21-3/h4-10,18H,1-3H3/t10-/m0/s1. The van der Waals surface area contributed by atoms with Gasteiger partial charge in [-0.05, 0) is 24.6 Å². The Labute approximate surface area is 128 Å². The van der Waals surface area contributed by atoms with E-state index in [1.165, 1.54) is 26.4 Å². The van der Waals surface area contributed by atoms with Crippen LogP contribution in [0.4, 0.5) is 0 Å². The van der Waals surface area contributed by atoms with Crippen LogP contribution in [0.2, 0.25) is 0 Å². The minimum atomic E-state index is -0.679. The fraction of sp³-hybridized carbons (Fsp3) is 0.250. The van der Waals surface area contributed by atoms with Crippen LogP contribution in [-0.4, -0.2) is 30.3 Å². The fourth-order valence-electron chi connectivity index (χ4n) is 1.98. The molecule has 0 fully saturated rings. The molecule has 116 valence electrons. The van der Waals surface area contributed by atoms with Crippen LogP contribution in [0.1, 0.15) is 28.9 Å². The van der Waals surface area contributed by atoms with Crippen molar-refractivity contribution < 1.29 is 24.1 Å². The van der Waals surface area contributed by atoms with E-state index in [-0.39, 0.29) is 17.1 Å². The van der Waals surface area contributed by atoms with Crippen LogP contribution in [-0.2, 0) is 4.74 Å². The van der Waals surface area contributed by atoms with E-state index in [4.69, 9.17) is 14.2 Å². The molecule has 0 aliphatic heterocycles. The molecule has 6 heteroatoms. The fourth-order valence-corrected chi connectivity index (χ4v) is 1.98. The summed E-state index contributed by atoms with van der Waals surface area (Å²) in [5.74, 6) is -0.374. The SMILES string of the molecule is COc1cc(O)c(C(=O)O[C@@H](C)c2ccncc2)c(OC)c1. The Morgan fingerprint density at radius 2 is 1.86 bits per heavy atom. The molecule has 0 aliphatic rings. The highest BCUT2D eigenvalue weighted by Crippen LogP contribution is 2.34. The van der Waals surface area contributed by atoms with Gasteiger partial charge >= 0.3 is 5.97 Å². The van der Waals surface area contributed by atoms with Gasteiger partial charge in [-0.3, -0.25) is 4.98 Å². The molecular weight excluding hydrogens is 286 g/mol. The van der Waals surface area contributed by atoms with Gasteiger partial charge in [-0.25, -0.2) is 4.79 Å². The van der Waals surface area contributed by atoms with E-state index in [0.717, 1.165) is 5.56 Å². The van der Waals surface area contributed by atoms with Gasteiger partial charge in [0.05, 0.1) is 14.2 Å². The van der Waals surface area contributed by atoms with Crippen molar-refractivity contribution in [1.29, 1.82) is 0 Å². The van der Waals surface area contributed by atoms with Gasteiger partial charge in [0.15, 0.2) is 0 Å². The van der Waals surface area contributed by atoms with E-state index in [2.05, 4.69) is 4.98 Å². The lowest BCUT2D eigenvalue weighted by Crippen LogP contribution is -2.11. The molecule has 0 saturated heterocycles. The number of benzene rings is 1. The number of nitrogens with zero attached hydrogens (tertiary/aromatic N) is 1. The number of phenolic OH excluding ortho intramolecular Hbond substituents is 1. The highest BCUT2D eigenvalue weighted by molar-refractivity contribution is 5.96. The van der Waals surface area contributed by atoms with Crippen molar-refractivity contribution in [3.63, 3.8) is 0 Å². The van der Waals surface area contributed by atoms with E-state index in [9.17, 15) is 9.90 Å². The minimum Gasteiger partial charge on any atom is -0.507 e. The quantitative estimate of drug-likeness (QED) is 0.856. The smallest absolute Gasteiger partial charge is 0.346 e. The van der Waals surface area contributed by atoms with Gasteiger partial charge in [-0.1, -0.05) is 0 Å². The monoisotopic (exact) mass is 303 g/mol. The van der Waals surface area contributed by atoms with Crippen LogP contribution in [0.5, 0.6) is 17.2 Å². The van der Waals surface area contributed by atoms with Gasteiger partial charge < -0.3 is 19.3 Å². The van der Waals surface area contributed by atoms with Crippen LogP contribution in [0.3, 0.4) is 0 Å². The summed E-state index contributed by atoms with van der Waals surface area (Å²) < 4.78 is 15.5. The molecule has 0 unspecified atom stereocenters. The Hall–Kier alpha value is -2.76. The molecule has 1 heterocycles. The average Bonchev–Trinajstić information content (AvgIpc) is 2.54. The number of carbonyl (C=O) groups excluding carboxylic acids is 1. The first-order valence-electron chi connectivity index (χ1n) is 6.62. The van der Waals surface area contributed by atoms with Crippen molar-refractivity contribution in [3.05, 3.63) is 47.8 Å². The van der Waals surface area contributed by atoms with E-state index in [1.807, 2.05) is 0 Å². The van der Waals surface area contributed by atoms with Crippen molar-refractivity contribution in [1.82, 2.24) is 4.98 Å². The lowest BCUT2D eigenvalue weighted by Gasteiger charge is -2.16. The maximum atomic E-state index is 12.3. The van der Waals surface area contributed by atoms with Crippen molar-refractivity contribution in [2.75, 3.05) is 14.2 Å². The van der Waals surface area contributed by atoms with Crippen LogP contribution in [0.15, 0.2) is 36.7 Å². The predicted molar refractivity (Wildman–Crippen MR) is 79.3 cm³/mol. The number of esters is 1. The molecular formula is C16H17NO5. The zero-order valence-electron chi connectivity index (χ0n) is 12.6. The summed E-state index contributed by atoms with van der Waals surface area (Å²) in [7, 11) is 2.86. The zero-order chi connectivity index (χ0) is 16.1. The van der Waals surface area contributed by atoms with Gasteiger partial charge in [-0.15, -0.1) is 0 Å². The molecule has 6 nitrogen and oxygen atoms in total. The highest BCUT2D eigenvalue weighted by atomic mass is 16.5. The number of ether oxygens (including phenoxy) is 3. The van der Waals surface area contributed by atoms with E-state index in [1.54, 1.807) is 31.5 Å². The lowest BCUT2D eigenvalue weighted by atomic mass is 10.1. The number of aromatic hydroxyl groups is 1. The van der Waals surface area contributed by atoms with E-state index < -0.39 is 12.1 Å². The van der Waals surface area contributed by atoms with Crippen LogP contribution < -0.4 is 9.47 Å². The molecule has 0 saturated carbocycles. The first-order chi connectivity index (χ1) is 10.6. The summed E-state index contributed by atoms with van der Waals surface area (Å²) in [5.41, 5.74) is 0.763. The highest BCUT2D eigenvalue weighted by Gasteiger charge is 2.23. The molecule has 2 aromatic rings. The Morgan fingerprint density at radius 1 is 1.18 bits per heavy atom. The van der Waals surface area contributed by atoms with Gasteiger partial charge in [0.1, 0.15) is 28.9 Å². The van der Waals surface area contributed by atoms with Gasteiger partial charge in [0.2, 0.25) is 0 Å². The van der Waals surface area contributed by atoms with Crippen LogP contribution >= 0.6 is 0 Å². The molecule has 0 radical (unpaired) electrons. The number of rotatable bonds is 5. The first-order valence-corrected chi connectivity index (χ1v) is 6.62. The number of carbonyl (C=O) groups is 1. The topological polar surface area (TPSA) is 77.9 Å². The predicted octanol–water partition coefficient (Wildman–Crippen LogP) is 2.72. The summed E-state index contributed by atoms with van der Waals surface area (Å²) >= 11 is 0. The second kappa shape index (κ2) is 6.80. The van der Waals surface area contributed by atoms with Crippen molar-refractivity contribution in [3.8, 4) is 17.2 Å². The summed E-state index contributed by atoms with van der Waals surface area (Å²) in [6, 6.07) is 6.34. The molecule has 0 spiro atoms. The minimum absolute atomic E-state index is 0.0378. The van der Waals surface area contributed by atoms with Crippen molar-refractivity contribution >= 4 is 5.97 Å². The Morgan fingerprint density at radius 3 is 2.45 bits per heavy atom. The normalized spacial score (nSPS) is 11.6. The number of hydrogen-bond donors (Lipinski definition) is 1. The van der Waals surface area contributed by atoms with E-state index >= 15 is 0 Å². The third kappa shape index (κ3) is 3.28. The number of hydrogen-bond acceptors (Lipinski definition) is 6. The maximum Gasteiger partial charge on any atom is 0.346 e. The Bertz CT molecular complexity index is 657. The summed E-state index contributed by atoms with van der Waals surface area (Å²) in [5, 5.41) is 10.0. The second-order valence-corrected chi connectivity index (χ2v) is 4.55. The van der Waals surface area contributed by atoms with Gasteiger partial charge in [0.25, 0.3) is 0 Å². The molecule has 1 atom stereocenters. The van der Waals surface area contributed by atoms with Gasteiger partial charge in [-0.2, -0.15) is 0 Å². The summed E-state index contributed by atoms with van der Waals surface area (Å²) in [6.07, 6.45) is 2.75. The van der Waals surface area contributed by atoms with E-state index in [0.29, 0.717) is 5.75 Å². The second-order valence-electron chi connectivity index (χ2n) is 4.55. The molecule has 22 heavy (non-hydrogen) atoms. The molecule has 1 N–H and O–H groups in total. The van der Waals surface area contributed by atoms with Gasteiger partial charge in [0, 0.05) is 24.5 Å². The third-order valence-corrected chi connectivity index (χ3v) is 3.17. The number of phenols is 1.